The van der Waals surface area contributed by atoms with Crippen LogP contribution in [0.25, 0.3) is 17.2 Å². The molecule has 2 unspecified atom stereocenters. The number of rotatable bonds is 14. The second-order valence-electron chi connectivity index (χ2n) is 16.3. The lowest BCUT2D eigenvalue weighted by Crippen LogP contribution is -2.43. The van der Waals surface area contributed by atoms with Crippen LogP contribution < -0.4 is 24.4 Å². The number of aryl methyl sites for hydroxylation is 1. The van der Waals surface area contributed by atoms with Gasteiger partial charge in [-0.1, -0.05) is 98.6 Å². The van der Waals surface area contributed by atoms with Crippen molar-refractivity contribution in [2.45, 2.75) is 75.9 Å². The number of ether oxygens (including phenoxy) is 3. The average Bonchev–Trinajstić information content (AvgIpc) is 3.92. The number of phenols is 2. The maximum Gasteiger partial charge on any atom is 0.204 e. The molecule has 4 aromatic carbocycles. The highest BCUT2D eigenvalue weighted by atomic mass is 16.5. The van der Waals surface area contributed by atoms with Crippen molar-refractivity contribution in [1.29, 1.82) is 0 Å². The van der Waals surface area contributed by atoms with Crippen molar-refractivity contribution >= 4 is 17.7 Å². The molecule has 308 valence electrons. The lowest BCUT2D eigenvalue weighted by Gasteiger charge is -2.30. The van der Waals surface area contributed by atoms with Gasteiger partial charge in [-0.05, 0) is 66.1 Å². The molecule has 1 saturated carbocycles. The van der Waals surface area contributed by atoms with Gasteiger partial charge in [-0.3, -0.25) is 4.79 Å². The fraction of sp³-hybridized carbons (Fsp3) is 0.367. The number of ketones is 1. The number of hydrogen-bond donors (Lipinski definition) is 5. The first-order valence-electron chi connectivity index (χ1n) is 21.0. The highest BCUT2D eigenvalue weighted by Gasteiger charge is 2.38. The van der Waals surface area contributed by atoms with E-state index in [2.05, 4.69) is 52.5 Å². The maximum absolute atomic E-state index is 14.2. The van der Waals surface area contributed by atoms with Gasteiger partial charge >= 0.3 is 0 Å². The summed E-state index contributed by atoms with van der Waals surface area (Å²) in [5, 5.41) is 36.1. The zero-order chi connectivity index (χ0) is 40.9. The highest BCUT2D eigenvalue weighted by molar-refractivity contribution is 6.04. The van der Waals surface area contributed by atoms with Crippen LogP contribution in [0.3, 0.4) is 0 Å². The summed E-state index contributed by atoms with van der Waals surface area (Å²) in [6.45, 7) is 6.20. The molecule has 0 spiro atoms. The molecule has 2 aliphatic heterocycles. The van der Waals surface area contributed by atoms with E-state index in [-0.39, 0.29) is 65.0 Å². The largest absolute Gasteiger partial charge is 0.508 e. The normalized spacial score (nSPS) is 18.1. The molecule has 8 rings (SSSR count). The van der Waals surface area contributed by atoms with Crippen molar-refractivity contribution in [3.05, 3.63) is 125 Å². The van der Waals surface area contributed by atoms with Gasteiger partial charge in [-0.25, -0.2) is 0 Å². The molecule has 0 bridgehead atoms. The fourth-order valence-electron chi connectivity index (χ4n) is 8.87. The van der Waals surface area contributed by atoms with E-state index in [0.29, 0.717) is 18.4 Å². The third kappa shape index (κ3) is 8.70. The van der Waals surface area contributed by atoms with Crippen LogP contribution in [-0.2, 0) is 18.3 Å². The number of fused-ring (bicyclic) bond motifs is 1. The van der Waals surface area contributed by atoms with Crippen molar-refractivity contribution in [3.8, 4) is 39.9 Å². The molecular formula is C49H55N3O7. The second kappa shape index (κ2) is 17.6. The van der Waals surface area contributed by atoms with Gasteiger partial charge < -0.3 is 44.7 Å². The van der Waals surface area contributed by atoms with Crippen molar-refractivity contribution in [3.63, 3.8) is 0 Å². The van der Waals surface area contributed by atoms with Crippen LogP contribution >= 0.6 is 0 Å². The number of methoxy groups -OCH3 is 1. The maximum atomic E-state index is 14.2. The Bertz CT molecular complexity index is 2270. The van der Waals surface area contributed by atoms with Crippen molar-refractivity contribution in [2.75, 3.05) is 44.8 Å². The number of aliphatic hydroxyl groups is 1. The topological polar surface area (TPSA) is 137 Å². The zero-order valence-corrected chi connectivity index (χ0v) is 34.0. The summed E-state index contributed by atoms with van der Waals surface area (Å²) in [5.41, 5.74) is 7.21. The number of piperazine rings is 1. The van der Waals surface area contributed by atoms with Crippen LogP contribution in [0.2, 0.25) is 0 Å². The second-order valence-corrected chi connectivity index (χ2v) is 16.3. The number of phenolic OH excluding ortho intramolecular Hbond substituents is 2. The Balaban J connectivity index is 1.10. The third-order valence-corrected chi connectivity index (χ3v) is 12.3. The van der Waals surface area contributed by atoms with E-state index >= 15 is 0 Å². The van der Waals surface area contributed by atoms with Crippen LogP contribution in [0, 0.1) is 0 Å². The summed E-state index contributed by atoms with van der Waals surface area (Å²) >= 11 is 0. The highest BCUT2D eigenvalue weighted by Crippen LogP contribution is 2.53. The van der Waals surface area contributed by atoms with E-state index in [4.69, 9.17) is 14.2 Å². The van der Waals surface area contributed by atoms with Gasteiger partial charge in [0.25, 0.3) is 0 Å². The van der Waals surface area contributed by atoms with E-state index in [1.807, 2.05) is 36.4 Å². The number of H-pyrrole nitrogens is 1. The van der Waals surface area contributed by atoms with Gasteiger partial charge in [-0.2, -0.15) is 0 Å². The smallest absolute Gasteiger partial charge is 0.204 e. The summed E-state index contributed by atoms with van der Waals surface area (Å²) in [6, 6.07) is 27.3. The van der Waals surface area contributed by atoms with Crippen LogP contribution in [0.1, 0.15) is 89.9 Å². The Morgan fingerprint density at radius 1 is 0.949 bits per heavy atom. The molecule has 0 radical (unpaired) electrons. The Morgan fingerprint density at radius 2 is 1.71 bits per heavy atom. The Kier molecular flexibility index (Phi) is 12.0. The average molecular weight is 798 g/mol. The molecular weight excluding hydrogens is 743 g/mol. The molecule has 5 aromatic rings. The predicted molar refractivity (Wildman–Crippen MR) is 231 cm³/mol. The van der Waals surface area contributed by atoms with Crippen molar-refractivity contribution < 1.29 is 34.3 Å². The third-order valence-electron chi connectivity index (χ3n) is 12.3. The number of aromatic amines is 1. The van der Waals surface area contributed by atoms with Crippen molar-refractivity contribution in [1.82, 2.24) is 10.3 Å². The van der Waals surface area contributed by atoms with Gasteiger partial charge in [0.05, 0.1) is 26.2 Å². The lowest BCUT2D eigenvalue weighted by atomic mass is 9.85. The number of carbonyl (C=O) groups is 1. The molecule has 10 heteroatoms. The molecule has 3 heterocycles. The van der Waals surface area contributed by atoms with E-state index < -0.39 is 12.2 Å². The SMILES string of the molecule is COc1c(O)c(CCc2cccc(-c3cc(C4(C)CCCC4)[nH]c3N3CCNCC3)c2)c2c(c1OCCC(O)C=Cc1ccccc1)C(=O)CC(c1ccc(O)cc1)O2. The molecule has 2 atom stereocenters. The molecule has 1 aromatic heterocycles. The lowest BCUT2D eigenvalue weighted by molar-refractivity contribution is 0.0836. The Morgan fingerprint density at radius 3 is 2.46 bits per heavy atom. The van der Waals surface area contributed by atoms with Gasteiger partial charge in [0.1, 0.15) is 29.0 Å². The number of benzene rings is 4. The van der Waals surface area contributed by atoms with Gasteiger partial charge in [0.15, 0.2) is 17.3 Å². The Labute approximate surface area is 346 Å². The number of nitrogens with zero attached hydrogens (tertiary/aromatic N) is 1. The fourth-order valence-corrected chi connectivity index (χ4v) is 8.87. The minimum absolute atomic E-state index is 0.0269. The summed E-state index contributed by atoms with van der Waals surface area (Å²) in [6.07, 6.45) is 8.14. The summed E-state index contributed by atoms with van der Waals surface area (Å²) in [5.74, 6) is 1.33. The number of aliphatic hydroxyl groups excluding tert-OH is 1. The van der Waals surface area contributed by atoms with Crippen LogP contribution in [0.5, 0.6) is 28.7 Å². The minimum Gasteiger partial charge on any atom is -0.508 e. The first-order chi connectivity index (χ1) is 28.7. The van der Waals surface area contributed by atoms with Gasteiger partial charge in [0.2, 0.25) is 5.75 Å². The number of anilines is 1. The number of Topliss-reactive ketones (excluding diaryl/α,β-unsaturated/α-hetero) is 1. The van der Waals surface area contributed by atoms with Crippen LogP contribution in [0.15, 0.2) is 91.0 Å². The molecule has 3 aliphatic rings. The van der Waals surface area contributed by atoms with E-state index in [1.54, 1.807) is 30.3 Å². The van der Waals surface area contributed by atoms with Gasteiger partial charge in [0, 0.05) is 54.8 Å². The molecule has 1 saturated heterocycles. The number of carbonyl (C=O) groups excluding carboxylic acids is 1. The van der Waals surface area contributed by atoms with E-state index in [1.165, 1.54) is 49.9 Å². The van der Waals surface area contributed by atoms with E-state index in [9.17, 15) is 20.1 Å². The molecule has 1 aliphatic carbocycles. The summed E-state index contributed by atoms with van der Waals surface area (Å²) in [4.78, 5) is 20.5. The number of nitrogens with one attached hydrogen (secondary N) is 2. The molecule has 2 fully saturated rings. The monoisotopic (exact) mass is 797 g/mol. The number of hydrogen-bond acceptors (Lipinski definition) is 9. The molecule has 59 heavy (non-hydrogen) atoms. The molecule has 5 N–H and O–H groups in total. The number of aromatic nitrogens is 1. The van der Waals surface area contributed by atoms with Crippen LogP contribution in [-0.4, -0.2) is 72.1 Å². The van der Waals surface area contributed by atoms with Gasteiger partial charge in [-0.15, -0.1) is 0 Å². The summed E-state index contributed by atoms with van der Waals surface area (Å²) < 4.78 is 18.6. The zero-order valence-electron chi connectivity index (χ0n) is 34.0. The summed E-state index contributed by atoms with van der Waals surface area (Å²) in [7, 11) is 1.44. The number of aromatic hydroxyl groups is 2. The Hall–Kier alpha value is -5.71. The quantitative estimate of drug-likeness (QED) is 0.0748. The van der Waals surface area contributed by atoms with E-state index in [0.717, 1.165) is 48.4 Å². The molecule has 10 nitrogen and oxygen atoms in total. The van der Waals surface area contributed by atoms with Crippen LogP contribution in [0.4, 0.5) is 5.82 Å². The molecule has 0 amide bonds. The van der Waals surface area contributed by atoms with Crippen molar-refractivity contribution in [2.24, 2.45) is 0 Å². The first-order valence-corrected chi connectivity index (χ1v) is 21.0. The minimum atomic E-state index is -0.803. The first kappa shape index (κ1) is 40.1. The standard InChI is InChI=1S/C49H55N3O7/c1-49(22-6-7-23-49)42-30-39(48(51-42)52-26-24-50-25-27-52)35-12-8-11-33(29-35)14-20-38-44(56)47(57-2)46(58-28-21-37(54)17-13-32-9-4-3-5-10-32)43-40(55)31-41(59-45(38)43)34-15-18-36(53)19-16-34/h3-5,8-13,15-19,29-30,37,41,50-51,53-54,56H,6-7,14,20-28,31H2,1-2H3. The predicted octanol–water partition coefficient (Wildman–Crippen LogP) is 8.68.